The Morgan fingerprint density at radius 2 is 1.78 bits per heavy atom. The molecule has 5 rings (SSSR count). The van der Waals surface area contributed by atoms with Gasteiger partial charge in [-0.25, -0.2) is 0 Å². The molecule has 2 aromatic carbocycles. The molecule has 3 heterocycles. The summed E-state index contributed by atoms with van der Waals surface area (Å²) in [5.41, 5.74) is 2.48. The molecule has 5 atom stereocenters. The van der Waals surface area contributed by atoms with Gasteiger partial charge in [-0.3, -0.25) is 24.7 Å². The van der Waals surface area contributed by atoms with Gasteiger partial charge in [0.05, 0.1) is 29.8 Å². The van der Waals surface area contributed by atoms with Crippen molar-refractivity contribution in [1.82, 2.24) is 4.90 Å². The molecule has 9 heteroatoms. The fourth-order valence-corrected chi connectivity index (χ4v) is 5.11. The number of anilines is 1. The fourth-order valence-electron chi connectivity index (χ4n) is 5.11. The van der Waals surface area contributed by atoms with Crippen LogP contribution in [0.5, 0.6) is 0 Å². The molecule has 168 valence electrons. The van der Waals surface area contributed by atoms with Gasteiger partial charge in [0.25, 0.3) is 5.69 Å². The molecule has 3 fully saturated rings. The zero-order valence-electron chi connectivity index (χ0n) is 17.4. The van der Waals surface area contributed by atoms with Crippen molar-refractivity contribution in [2.24, 2.45) is 0 Å². The van der Waals surface area contributed by atoms with Crippen LogP contribution in [-0.4, -0.2) is 57.3 Å². The van der Waals surface area contributed by atoms with E-state index in [1.54, 1.807) is 17.0 Å². The maximum Gasteiger partial charge on any atom is 0.269 e. The molecule has 0 unspecified atom stereocenters. The van der Waals surface area contributed by atoms with Crippen LogP contribution in [0, 0.1) is 10.1 Å². The Hall–Kier alpha value is -2.85. The fraction of sp³-hybridized carbons (Fsp3) is 0.435. The lowest BCUT2D eigenvalue weighted by Crippen LogP contribution is -2.32. The number of carbonyl (C=O) groups is 1. The lowest BCUT2D eigenvalue weighted by atomic mass is 10.0. The first-order chi connectivity index (χ1) is 15.5. The number of nitro benzene ring substituents is 1. The van der Waals surface area contributed by atoms with Crippen molar-refractivity contribution < 1.29 is 24.7 Å². The molecular formula is C23H25N3O6. The minimum absolute atomic E-state index is 0.0123. The summed E-state index contributed by atoms with van der Waals surface area (Å²) in [6.45, 7) is 0.586. The molecule has 0 bridgehead atoms. The Labute approximate surface area is 185 Å². The smallest absolute Gasteiger partial charge is 0.269 e. The highest BCUT2D eigenvalue weighted by Crippen LogP contribution is 2.43. The van der Waals surface area contributed by atoms with Gasteiger partial charge in [0.15, 0.2) is 0 Å². The summed E-state index contributed by atoms with van der Waals surface area (Å²) in [6, 6.07) is 13.7. The Kier molecular flexibility index (Phi) is 5.42. The normalized spacial score (nSPS) is 30.1. The Balaban J connectivity index is 1.44. The molecule has 0 saturated carbocycles. The zero-order valence-corrected chi connectivity index (χ0v) is 17.4. The monoisotopic (exact) mass is 439 g/mol. The molecule has 0 radical (unpaired) electrons. The molecule has 0 spiro atoms. The van der Waals surface area contributed by atoms with Crippen molar-refractivity contribution in [3.8, 4) is 0 Å². The van der Waals surface area contributed by atoms with Gasteiger partial charge >= 0.3 is 0 Å². The van der Waals surface area contributed by atoms with E-state index in [9.17, 15) is 25.1 Å². The van der Waals surface area contributed by atoms with Crippen molar-refractivity contribution in [1.29, 1.82) is 0 Å². The van der Waals surface area contributed by atoms with Crippen LogP contribution in [0.1, 0.15) is 42.7 Å². The number of fused-ring (bicyclic) bond motifs is 1. The van der Waals surface area contributed by atoms with Gasteiger partial charge in [0, 0.05) is 30.8 Å². The number of nitrogens with zero attached hydrogens (tertiary/aromatic N) is 3. The number of hydrogen-bond donors (Lipinski definition) is 2. The molecule has 2 aromatic rings. The summed E-state index contributed by atoms with van der Waals surface area (Å²) >= 11 is 0. The molecule has 32 heavy (non-hydrogen) atoms. The van der Waals surface area contributed by atoms with Gasteiger partial charge < -0.3 is 14.9 Å². The van der Waals surface area contributed by atoms with E-state index >= 15 is 0 Å². The van der Waals surface area contributed by atoms with Gasteiger partial charge in [-0.2, -0.15) is 0 Å². The lowest BCUT2D eigenvalue weighted by molar-refractivity contribution is -0.384. The van der Waals surface area contributed by atoms with Gasteiger partial charge in [-0.05, 0) is 36.1 Å². The number of amides is 1. The van der Waals surface area contributed by atoms with E-state index < -0.39 is 17.1 Å². The maximum absolute atomic E-state index is 13.3. The van der Waals surface area contributed by atoms with Crippen molar-refractivity contribution >= 4 is 17.3 Å². The minimum atomic E-state index is -0.694. The number of nitro groups is 1. The van der Waals surface area contributed by atoms with E-state index in [4.69, 9.17) is 4.74 Å². The number of carbonyl (C=O) groups excluding carboxylic acids is 1. The van der Waals surface area contributed by atoms with E-state index in [2.05, 4.69) is 4.90 Å². The van der Waals surface area contributed by atoms with Crippen molar-refractivity contribution in [3.63, 3.8) is 0 Å². The third-order valence-corrected chi connectivity index (χ3v) is 6.72. The Morgan fingerprint density at radius 1 is 1.09 bits per heavy atom. The predicted molar refractivity (Wildman–Crippen MR) is 115 cm³/mol. The second-order valence-corrected chi connectivity index (χ2v) is 8.57. The number of hydrogen-bond acceptors (Lipinski definition) is 7. The molecule has 0 aliphatic carbocycles. The summed E-state index contributed by atoms with van der Waals surface area (Å²) in [5, 5.41) is 30.4. The van der Waals surface area contributed by atoms with Crippen LogP contribution in [-0.2, 0) is 9.53 Å². The quantitative estimate of drug-likeness (QED) is 0.542. The van der Waals surface area contributed by atoms with Crippen LogP contribution in [0.4, 0.5) is 11.4 Å². The second kappa shape index (κ2) is 8.25. The highest BCUT2D eigenvalue weighted by Gasteiger charge is 2.49. The lowest BCUT2D eigenvalue weighted by Gasteiger charge is -2.30. The van der Waals surface area contributed by atoms with Crippen molar-refractivity contribution in [2.75, 3.05) is 18.1 Å². The van der Waals surface area contributed by atoms with Crippen molar-refractivity contribution in [2.45, 2.75) is 49.8 Å². The molecule has 2 N–H and O–H groups in total. The third kappa shape index (κ3) is 3.47. The third-order valence-electron chi connectivity index (χ3n) is 6.72. The molecule has 3 aliphatic heterocycles. The van der Waals surface area contributed by atoms with Gasteiger partial charge in [0.1, 0.15) is 12.3 Å². The summed E-state index contributed by atoms with van der Waals surface area (Å²) in [7, 11) is 0. The molecule has 0 aromatic heterocycles. The van der Waals surface area contributed by atoms with Gasteiger partial charge in [-0.15, -0.1) is 0 Å². The Bertz CT molecular complexity index is 1010. The van der Waals surface area contributed by atoms with Crippen molar-refractivity contribution in [3.05, 3.63) is 69.8 Å². The first-order valence-corrected chi connectivity index (χ1v) is 10.9. The number of benzene rings is 2. The SMILES string of the molecule is O=C1[C@@H]2CCCN2[C@@H](c2ccc([C@H]3C[C@@H](O)[C@@H](CO)O3)cc2)N1c1ccc([N+](=O)[O-])cc1. The number of aliphatic hydroxyl groups excluding tert-OH is 2. The molecule has 1 amide bonds. The van der Waals surface area contributed by atoms with Crippen LogP contribution < -0.4 is 4.90 Å². The van der Waals surface area contributed by atoms with Crippen LogP contribution in [0.15, 0.2) is 48.5 Å². The summed E-state index contributed by atoms with van der Waals surface area (Å²) < 4.78 is 5.75. The number of ether oxygens (including phenoxy) is 1. The van der Waals surface area contributed by atoms with Gasteiger partial charge in [-0.1, -0.05) is 24.3 Å². The Morgan fingerprint density at radius 3 is 2.41 bits per heavy atom. The highest BCUT2D eigenvalue weighted by atomic mass is 16.6. The first-order valence-electron chi connectivity index (χ1n) is 10.9. The number of rotatable bonds is 5. The van der Waals surface area contributed by atoms with Crippen LogP contribution in [0.25, 0.3) is 0 Å². The van der Waals surface area contributed by atoms with E-state index in [1.165, 1.54) is 12.1 Å². The topological polar surface area (TPSA) is 116 Å². The summed E-state index contributed by atoms with van der Waals surface area (Å²) in [5.74, 6) is 0.0125. The van der Waals surface area contributed by atoms with Crippen LogP contribution in [0.2, 0.25) is 0 Å². The van der Waals surface area contributed by atoms with Crippen LogP contribution in [0.3, 0.4) is 0 Å². The average Bonchev–Trinajstić information content (AvgIpc) is 3.49. The first kappa shape index (κ1) is 21.0. The average molecular weight is 439 g/mol. The standard InChI is InChI=1S/C23H25N3O6/c27-13-21-19(28)12-20(32-21)14-3-5-15(6-4-14)22-24-11-1-2-18(24)23(29)25(22)16-7-9-17(10-8-16)26(30)31/h3-10,18-22,27-28H,1-2,11-13H2/t18-,19+,20+,21+,22+/m0/s1. The van der Waals surface area contributed by atoms with Crippen LogP contribution >= 0.6 is 0 Å². The summed E-state index contributed by atoms with van der Waals surface area (Å²) in [6.07, 6.45) is 0.339. The predicted octanol–water partition coefficient (Wildman–Crippen LogP) is 2.29. The van der Waals surface area contributed by atoms with E-state index in [0.29, 0.717) is 12.1 Å². The molecule has 9 nitrogen and oxygen atoms in total. The highest BCUT2D eigenvalue weighted by molar-refractivity contribution is 6.00. The molecule has 3 aliphatic rings. The van der Waals surface area contributed by atoms with Gasteiger partial charge in [0.2, 0.25) is 5.91 Å². The minimum Gasteiger partial charge on any atom is -0.394 e. The van der Waals surface area contributed by atoms with E-state index in [-0.39, 0.29) is 36.5 Å². The summed E-state index contributed by atoms with van der Waals surface area (Å²) in [4.78, 5) is 27.7. The number of non-ortho nitro benzene ring substituents is 1. The number of aliphatic hydroxyl groups is 2. The molecular weight excluding hydrogens is 414 g/mol. The maximum atomic E-state index is 13.3. The largest absolute Gasteiger partial charge is 0.394 e. The van der Waals surface area contributed by atoms with E-state index in [0.717, 1.165) is 30.5 Å². The zero-order chi connectivity index (χ0) is 22.4. The second-order valence-electron chi connectivity index (χ2n) is 8.57. The van der Waals surface area contributed by atoms with E-state index in [1.807, 2.05) is 24.3 Å². The molecule has 3 saturated heterocycles.